The Labute approximate surface area is 128 Å². The van der Waals surface area contributed by atoms with Crippen LogP contribution in [0.2, 0.25) is 0 Å². The van der Waals surface area contributed by atoms with Gasteiger partial charge in [-0.05, 0) is 43.0 Å². The van der Waals surface area contributed by atoms with Crippen molar-refractivity contribution >= 4 is 23.2 Å². The SMILES string of the molecule is O=CNC1CCCN(CCc2c[nH]c3ccc(O)cc23)C1=O. The van der Waals surface area contributed by atoms with Crippen molar-refractivity contribution in [2.75, 3.05) is 13.1 Å². The number of nitrogens with zero attached hydrogens (tertiary/aromatic N) is 1. The Balaban J connectivity index is 1.69. The molecule has 1 saturated heterocycles. The molecule has 1 aromatic carbocycles. The van der Waals surface area contributed by atoms with Crippen molar-refractivity contribution < 1.29 is 14.7 Å². The summed E-state index contributed by atoms with van der Waals surface area (Å²) in [6, 6.07) is 4.82. The molecule has 1 aromatic heterocycles. The average Bonchev–Trinajstić information content (AvgIpc) is 2.91. The third-order valence-corrected chi connectivity index (χ3v) is 4.20. The van der Waals surface area contributed by atoms with E-state index in [1.54, 1.807) is 17.0 Å². The molecule has 0 radical (unpaired) electrons. The fourth-order valence-corrected chi connectivity index (χ4v) is 3.03. The third kappa shape index (κ3) is 2.77. The molecule has 1 fully saturated rings. The van der Waals surface area contributed by atoms with Gasteiger partial charge in [0.25, 0.3) is 0 Å². The van der Waals surface area contributed by atoms with Gasteiger partial charge in [0.2, 0.25) is 12.3 Å². The number of likely N-dealkylation sites (tertiary alicyclic amines) is 1. The van der Waals surface area contributed by atoms with E-state index >= 15 is 0 Å². The van der Waals surface area contributed by atoms with Gasteiger partial charge >= 0.3 is 0 Å². The molecule has 3 rings (SSSR count). The number of fused-ring (bicyclic) bond motifs is 1. The molecule has 2 heterocycles. The van der Waals surface area contributed by atoms with Crippen LogP contribution in [0.3, 0.4) is 0 Å². The van der Waals surface area contributed by atoms with E-state index < -0.39 is 6.04 Å². The Morgan fingerprint density at radius 2 is 2.32 bits per heavy atom. The summed E-state index contributed by atoms with van der Waals surface area (Å²) in [5, 5.41) is 13.2. The largest absolute Gasteiger partial charge is 0.508 e. The molecule has 0 bridgehead atoms. The maximum absolute atomic E-state index is 12.2. The molecule has 1 unspecified atom stereocenters. The van der Waals surface area contributed by atoms with Crippen molar-refractivity contribution in [3.8, 4) is 5.75 Å². The smallest absolute Gasteiger partial charge is 0.245 e. The number of phenols is 1. The minimum absolute atomic E-state index is 0.0129. The van der Waals surface area contributed by atoms with Crippen LogP contribution in [0.25, 0.3) is 10.9 Å². The molecule has 6 heteroatoms. The number of hydrogen-bond acceptors (Lipinski definition) is 3. The zero-order valence-corrected chi connectivity index (χ0v) is 12.2. The van der Waals surface area contributed by atoms with Crippen LogP contribution < -0.4 is 5.32 Å². The van der Waals surface area contributed by atoms with E-state index in [4.69, 9.17) is 0 Å². The lowest BCUT2D eigenvalue weighted by Crippen LogP contribution is -2.50. The van der Waals surface area contributed by atoms with Gasteiger partial charge in [0, 0.05) is 30.2 Å². The van der Waals surface area contributed by atoms with E-state index in [9.17, 15) is 14.7 Å². The predicted octanol–water partition coefficient (Wildman–Crippen LogP) is 1.15. The van der Waals surface area contributed by atoms with Gasteiger partial charge in [-0.1, -0.05) is 0 Å². The first-order chi connectivity index (χ1) is 10.7. The van der Waals surface area contributed by atoms with E-state index in [1.807, 2.05) is 12.3 Å². The topological polar surface area (TPSA) is 85.4 Å². The number of phenolic OH excluding ortho intramolecular Hbond substituents is 1. The van der Waals surface area contributed by atoms with Crippen LogP contribution >= 0.6 is 0 Å². The summed E-state index contributed by atoms with van der Waals surface area (Å²) in [4.78, 5) is 27.8. The summed E-state index contributed by atoms with van der Waals surface area (Å²) >= 11 is 0. The molecule has 22 heavy (non-hydrogen) atoms. The second-order valence-corrected chi connectivity index (χ2v) is 5.60. The third-order valence-electron chi connectivity index (χ3n) is 4.20. The second-order valence-electron chi connectivity index (χ2n) is 5.60. The first-order valence-corrected chi connectivity index (χ1v) is 7.46. The normalized spacial score (nSPS) is 18.6. The van der Waals surface area contributed by atoms with Crippen LogP contribution in [0.15, 0.2) is 24.4 Å². The number of hydrogen-bond donors (Lipinski definition) is 3. The summed E-state index contributed by atoms with van der Waals surface area (Å²) in [5.74, 6) is 0.221. The lowest BCUT2D eigenvalue weighted by Gasteiger charge is -2.31. The highest BCUT2D eigenvalue weighted by molar-refractivity contribution is 5.85. The maximum Gasteiger partial charge on any atom is 0.245 e. The summed E-state index contributed by atoms with van der Waals surface area (Å²) in [6.45, 7) is 1.34. The number of H-pyrrole nitrogens is 1. The lowest BCUT2D eigenvalue weighted by atomic mass is 10.0. The molecular weight excluding hydrogens is 282 g/mol. The van der Waals surface area contributed by atoms with Gasteiger partial charge in [-0.3, -0.25) is 9.59 Å². The van der Waals surface area contributed by atoms with Crippen molar-refractivity contribution in [3.05, 3.63) is 30.0 Å². The number of aromatic hydroxyl groups is 1. The number of aromatic amines is 1. The number of carbonyl (C=O) groups is 2. The van der Waals surface area contributed by atoms with E-state index in [2.05, 4.69) is 10.3 Å². The molecule has 3 N–H and O–H groups in total. The number of amides is 2. The number of aromatic nitrogens is 1. The Kier molecular flexibility index (Phi) is 4.00. The van der Waals surface area contributed by atoms with Gasteiger partial charge in [-0.15, -0.1) is 0 Å². The molecule has 2 amide bonds. The first kappa shape index (κ1) is 14.4. The molecule has 6 nitrogen and oxygen atoms in total. The van der Waals surface area contributed by atoms with E-state index in [0.29, 0.717) is 25.8 Å². The standard InChI is InChI=1S/C16H19N3O3/c20-10-18-15-2-1-6-19(16(15)22)7-5-11-9-17-14-4-3-12(21)8-13(11)14/h3-4,8-10,15,17,21H,1-2,5-7H2,(H,18,20). The highest BCUT2D eigenvalue weighted by Crippen LogP contribution is 2.23. The van der Waals surface area contributed by atoms with E-state index in [-0.39, 0.29) is 11.7 Å². The van der Waals surface area contributed by atoms with Gasteiger partial charge in [-0.25, -0.2) is 0 Å². The maximum atomic E-state index is 12.2. The number of carbonyl (C=O) groups excluding carboxylic acids is 2. The quantitative estimate of drug-likeness (QED) is 0.724. The van der Waals surface area contributed by atoms with Crippen LogP contribution in [0.1, 0.15) is 18.4 Å². The lowest BCUT2D eigenvalue weighted by molar-refractivity contribution is -0.137. The highest BCUT2D eigenvalue weighted by Gasteiger charge is 2.27. The molecule has 1 aliphatic heterocycles. The van der Waals surface area contributed by atoms with Gasteiger partial charge < -0.3 is 20.3 Å². The second kappa shape index (κ2) is 6.09. The number of nitrogens with one attached hydrogen (secondary N) is 2. The molecule has 0 spiro atoms. The number of benzene rings is 1. The number of piperidine rings is 1. The fourth-order valence-electron chi connectivity index (χ4n) is 3.03. The summed E-state index contributed by atoms with van der Waals surface area (Å²) in [5.41, 5.74) is 2.04. The molecule has 116 valence electrons. The predicted molar refractivity (Wildman–Crippen MR) is 82.5 cm³/mol. The minimum atomic E-state index is -0.390. The molecule has 2 aromatic rings. The highest BCUT2D eigenvalue weighted by atomic mass is 16.3. The molecule has 1 aliphatic rings. The molecule has 1 atom stereocenters. The Bertz CT molecular complexity index is 695. The molecular formula is C16H19N3O3. The van der Waals surface area contributed by atoms with Crippen molar-refractivity contribution in [1.82, 2.24) is 15.2 Å². The zero-order valence-electron chi connectivity index (χ0n) is 12.2. The molecule has 0 aliphatic carbocycles. The van der Waals surface area contributed by atoms with Crippen molar-refractivity contribution in [2.24, 2.45) is 0 Å². The van der Waals surface area contributed by atoms with Crippen LogP contribution in [-0.4, -0.2) is 46.4 Å². The Morgan fingerprint density at radius 1 is 1.45 bits per heavy atom. The van der Waals surface area contributed by atoms with Gasteiger partial charge in [0.1, 0.15) is 11.8 Å². The monoisotopic (exact) mass is 301 g/mol. The summed E-state index contributed by atoms with van der Waals surface area (Å²) in [6.07, 6.45) is 4.82. The van der Waals surface area contributed by atoms with Gasteiger partial charge in [0.05, 0.1) is 0 Å². The van der Waals surface area contributed by atoms with Crippen molar-refractivity contribution in [1.29, 1.82) is 0 Å². The average molecular weight is 301 g/mol. The van der Waals surface area contributed by atoms with Crippen LogP contribution in [-0.2, 0) is 16.0 Å². The van der Waals surface area contributed by atoms with Gasteiger partial charge in [-0.2, -0.15) is 0 Å². The first-order valence-electron chi connectivity index (χ1n) is 7.46. The van der Waals surface area contributed by atoms with Crippen molar-refractivity contribution in [3.63, 3.8) is 0 Å². The van der Waals surface area contributed by atoms with E-state index in [1.165, 1.54) is 0 Å². The van der Waals surface area contributed by atoms with Gasteiger partial charge in [0.15, 0.2) is 0 Å². The molecule has 0 saturated carbocycles. The summed E-state index contributed by atoms with van der Waals surface area (Å²) < 4.78 is 0. The zero-order chi connectivity index (χ0) is 15.5. The Morgan fingerprint density at radius 3 is 3.14 bits per heavy atom. The van der Waals surface area contributed by atoms with Crippen LogP contribution in [0.5, 0.6) is 5.75 Å². The van der Waals surface area contributed by atoms with Crippen LogP contribution in [0, 0.1) is 0 Å². The van der Waals surface area contributed by atoms with Crippen molar-refractivity contribution in [2.45, 2.75) is 25.3 Å². The van der Waals surface area contributed by atoms with Crippen LogP contribution in [0.4, 0.5) is 0 Å². The number of rotatable bonds is 5. The fraction of sp³-hybridized carbons (Fsp3) is 0.375. The summed E-state index contributed by atoms with van der Waals surface area (Å²) in [7, 11) is 0. The Hall–Kier alpha value is -2.50. The van der Waals surface area contributed by atoms with E-state index in [0.717, 1.165) is 29.4 Å². The minimum Gasteiger partial charge on any atom is -0.508 e.